The first-order valence-corrected chi connectivity index (χ1v) is 13.4. The maximum absolute atomic E-state index is 11.5. The van der Waals surface area contributed by atoms with E-state index in [4.69, 9.17) is 4.99 Å². The molecule has 0 radical (unpaired) electrons. The lowest BCUT2D eigenvalue weighted by Gasteiger charge is -2.42. The fourth-order valence-corrected chi connectivity index (χ4v) is 4.94. The van der Waals surface area contributed by atoms with E-state index in [9.17, 15) is 4.79 Å². The number of rotatable bonds is 19. The Bertz CT molecular complexity index is 517. The standard InChI is InChI=1S/C27H51N3O/c1-5-7-8-9-10-11-12-13-14-15-16-17-18-19-20-21-22-27-28-23-24-30(27,6-2)25(3)29-26(4)31/h19-20,23,25,27H,5-18,21-22,24H2,1-4H3/p+1/b20-19+. The van der Waals surface area contributed by atoms with Crippen LogP contribution in [0.5, 0.6) is 0 Å². The third-order valence-electron chi connectivity index (χ3n) is 7.05. The first-order chi connectivity index (χ1) is 15.1. The van der Waals surface area contributed by atoms with Gasteiger partial charge in [0.25, 0.3) is 0 Å². The summed E-state index contributed by atoms with van der Waals surface area (Å²) in [6.45, 7) is 10.1. The Morgan fingerprint density at radius 3 is 2.06 bits per heavy atom. The maximum atomic E-state index is 11.5. The molecule has 0 aromatic carbocycles. The second kappa shape index (κ2) is 17.4. The molecule has 31 heavy (non-hydrogen) atoms. The molecule has 1 heterocycles. The van der Waals surface area contributed by atoms with Crippen molar-refractivity contribution in [2.24, 2.45) is 4.99 Å². The number of unbranched alkanes of at least 4 members (excludes halogenated alkanes) is 12. The van der Waals surface area contributed by atoms with E-state index < -0.39 is 0 Å². The van der Waals surface area contributed by atoms with Gasteiger partial charge < -0.3 is 5.32 Å². The van der Waals surface area contributed by atoms with Crippen molar-refractivity contribution in [2.45, 2.75) is 136 Å². The number of hydrogen-bond donors (Lipinski definition) is 1. The van der Waals surface area contributed by atoms with E-state index in [0.29, 0.717) is 0 Å². The Labute approximate surface area is 193 Å². The summed E-state index contributed by atoms with van der Waals surface area (Å²) >= 11 is 0. The largest absolute Gasteiger partial charge is 0.307 e. The zero-order valence-corrected chi connectivity index (χ0v) is 21.2. The van der Waals surface area contributed by atoms with Crippen LogP contribution in [0.25, 0.3) is 0 Å². The molecule has 3 unspecified atom stereocenters. The number of quaternary nitrogens is 1. The van der Waals surface area contributed by atoms with E-state index in [1.807, 2.05) is 0 Å². The van der Waals surface area contributed by atoms with Gasteiger partial charge in [0, 0.05) is 20.3 Å². The van der Waals surface area contributed by atoms with Crippen molar-refractivity contribution in [1.82, 2.24) is 5.32 Å². The highest BCUT2D eigenvalue weighted by Gasteiger charge is 2.42. The van der Waals surface area contributed by atoms with Crippen LogP contribution >= 0.6 is 0 Å². The maximum Gasteiger partial charge on any atom is 0.221 e. The van der Waals surface area contributed by atoms with Gasteiger partial charge >= 0.3 is 0 Å². The van der Waals surface area contributed by atoms with Crippen LogP contribution in [-0.4, -0.2) is 42.0 Å². The van der Waals surface area contributed by atoms with Gasteiger partial charge in [0.15, 0.2) is 12.3 Å². The third kappa shape index (κ3) is 11.3. The van der Waals surface area contributed by atoms with E-state index >= 15 is 0 Å². The van der Waals surface area contributed by atoms with Crippen LogP contribution in [0.4, 0.5) is 0 Å². The molecule has 0 saturated carbocycles. The second-order valence-electron chi connectivity index (χ2n) is 9.52. The minimum Gasteiger partial charge on any atom is -0.307 e. The number of amides is 1. The lowest BCUT2D eigenvalue weighted by molar-refractivity contribution is -0.959. The van der Waals surface area contributed by atoms with Crippen molar-refractivity contribution in [3.8, 4) is 0 Å². The molecule has 0 fully saturated rings. The molecule has 0 saturated heterocycles. The highest BCUT2D eigenvalue weighted by atomic mass is 16.1. The highest BCUT2D eigenvalue weighted by molar-refractivity contribution is 5.73. The van der Waals surface area contributed by atoms with Crippen molar-refractivity contribution in [3.05, 3.63) is 12.2 Å². The molecule has 0 aromatic rings. The zero-order valence-electron chi connectivity index (χ0n) is 21.2. The van der Waals surface area contributed by atoms with E-state index in [1.165, 1.54) is 83.5 Å². The molecule has 1 rings (SSSR count). The summed E-state index contributed by atoms with van der Waals surface area (Å²) in [7, 11) is 0. The molecular weight excluding hydrogens is 382 g/mol. The van der Waals surface area contributed by atoms with E-state index in [0.717, 1.165) is 30.4 Å². The normalized spacial score (nSPS) is 21.7. The minimum atomic E-state index is 0.0476. The summed E-state index contributed by atoms with van der Waals surface area (Å²) in [5.74, 6) is 0.0476. The third-order valence-corrected chi connectivity index (χ3v) is 7.05. The lowest BCUT2D eigenvalue weighted by Crippen LogP contribution is -2.63. The van der Waals surface area contributed by atoms with E-state index in [-0.39, 0.29) is 18.2 Å². The number of carbonyl (C=O) groups is 1. The molecule has 4 heteroatoms. The van der Waals surface area contributed by atoms with Crippen molar-refractivity contribution < 1.29 is 9.28 Å². The predicted molar refractivity (Wildman–Crippen MR) is 135 cm³/mol. The lowest BCUT2D eigenvalue weighted by atomic mass is 10.0. The zero-order chi connectivity index (χ0) is 22.8. The number of aliphatic imine (C=N–C) groups is 1. The van der Waals surface area contributed by atoms with Crippen molar-refractivity contribution in [2.75, 3.05) is 13.1 Å². The topological polar surface area (TPSA) is 41.5 Å². The molecule has 0 aromatic heterocycles. The average molecular weight is 435 g/mol. The second-order valence-corrected chi connectivity index (χ2v) is 9.52. The molecule has 1 amide bonds. The first-order valence-electron chi connectivity index (χ1n) is 13.4. The highest BCUT2D eigenvalue weighted by Crippen LogP contribution is 2.26. The van der Waals surface area contributed by atoms with Crippen molar-refractivity contribution in [3.63, 3.8) is 0 Å². The van der Waals surface area contributed by atoms with Crippen LogP contribution < -0.4 is 5.32 Å². The molecule has 0 bridgehead atoms. The van der Waals surface area contributed by atoms with Crippen LogP contribution in [0.1, 0.15) is 124 Å². The summed E-state index contributed by atoms with van der Waals surface area (Å²) < 4.78 is 0.853. The minimum absolute atomic E-state index is 0.0476. The molecule has 1 aliphatic rings. The fourth-order valence-electron chi connectivity index (χ4n) is 4.94. The van der Waals surface area contributed by atoms with E-state index in [1.54, 1.807) is 6.92 Å². The molecule has 1 aliphatic heterocycles. The van der Waals surface area contributed by atoms with Crippen LogP contribution in [0.15, 0.2) is 17.1 Å². The van der Waals surface area contributed by atoms with Gasteiger partial charge in [-0.3, -0.25) is 9.28 Å². The van der Waals surface area contributed by atoms with Gasteiger partial charge in [0.2, 0.25) is 5.91 Å². The predicted octanol–water partition coefficient (Wildman–Crippen LogP) is 7.14. The van der Waals surface area contributed by atoms with Gasteiger partial charge in [-0.2, -0.15) is 0 Å². The smallest absolute Gasteiger partial charge is 0.221 e. The summed E-state index contributed by atoms with van der Waals surface area (Å²) in [5, 5.41) is 3.10. The molecule has 180 valence electrons. The van der Waals surface area contributed by atoms with Gasteiger partial charge in [-0.15, -0.1) is 0 Å². The summed E-state index contributed by atoms with van der Waals surface area (Å²) in [4.78, 5) is 16.3. The van der Waals surface area contributed by atoms with Crippen molar-refractivity contribution >= 4 is 12.1 Å². The Balaban J connectivity index is 2.05. The van der Waals surface area contributed by atoms with Gasteiger partial charge in [0.1, 0.15) is 6.54 Å². The molecule has 4 nitrogen and oxygen atoms in total. The number of carbonyl (C=O) groups excluding carboxylic acids is 1. The van der Waals surface area contributed by atoms with Gasteiger partial charge in [0.05, 0.1) is 12.8 Å². The number of nitrogens with zero attached hydrogens (tertiary/aromatic N) is 2. The Morgan fingerprint density at radius 2 is 1.52 bits per heavy atom. The summed E-state index contributed by atoms with van der Waals surface area (Å²) in [5.41, 5.74) is 0. The Hall–Kier alpha value is -1.16. The van der Waals surface area contributed by atoms with Crippen LogP contribution in [0, 0.1) is 0 Å². The Kier molecular flexibility index (Phi) is 15.6. The number of allylic oxidation sites excluding steroid dienone is 2. The SMILES string of the molecule is CCCCCCCCCCCCCC/C=C/CCC1N=CC[N+]1(CC)C(C)NC(C)=O. The van der Waals surface area contributed by atoms with E-state index in [2.05, 4.69) is 44.5 Å². The van der Waals surface area contributed by atoms with Crippen molar-refractivity contribution in [1.29, 1.82) is 0 Å². The first kappa shape index (κ1) is 27.9. The van der Waals surface area contributed by atoms with Crippen LogP contribution in [-0.2, 0) is 4.79 Å². The number of hydrogen-bond acceptors (Lipinski definition) is 2. The molecule has 0 aliphatic carbocycles. The summed E-state index contributed by atoms with van der Waals surface area (Å²) in [6, 6.07) is 0. The fraction of sp³-hybridized carbons (Fsp3) is 0.852. The van der Waals surface area contributed by atoms with Gasteiger partial charge in [-0.25, -0.2) is 4.99 Å². The van der Waals surface area contributed by atoms with Crippen LogP contribution in [0.3, 0.4) is 0 Å². The van der Waals surface area contributed by atoms with Crippen LogP contribution in [0.2, 0.25) is 0 Å². The van der Waals surface area contributed by atoms with Gasteiger partial charge in [-0.1, -0.05) is 89.7 Å². The molecule has 0 spiro atoms. The Morgan fingerprint density at radius 1 is 0.968 bits per heavy atom. The molecule has 3 atom stereocenters. The van der Waals surface area contributed by atoms with Gasteiger partial charge in [-0.05, 0) is 26.2 Å². The quantitative estimate of drug-likeness (QED) is 0.131. The molecular formula is C27H52N3O+. The summed E-state index contributed by atoms with van der Waals surface area (Å²) in [6.07, 6.45) is 27.4. The number of nitrogens with one attached hydrogen (secondary N) is 1. The average Bonchev–Trinajstić information content (AvgIpc) is 3.17. The molecule has 1 N–H and O–H groups in total. The monoisotopic (exact) mass is 434 g/mol.